The van der Waals surface area contributed by atoms with Crippen molar-refractivity contribution in [3.8, 4) is 0 Å². The lowest BCUT2D eigenvalue weighted by Crippen LogP contribution is -2.31. The number of hydrogen-bond acceptors (Lipinski definition) is 6. The van der Waals surface area contributed by atoms with Gasteiger partial charge in [-0.1, -0.05) is 41.4 Å². The van der Waals surface area contributed by atoms with Gasteiger partial charge >= 0.3 is 0 Å². The Morgan fingerprint density at radius 3 is 1.57 bits per heavy atom. The molecule has 2 aromatic heterocycles. The lowest BCUT2D eigenvalue weighted by atomic mass is 9.97. The van der Waals surface area contributed by atoms with Gasteiger partial charge in [-0.3, -0.25) is 9.59 Å². The minimum Gasteiger partial charge on any atom is -0.268 e. The smallest absolute Gasteiger partial charge is 0.266 e. The summed E-state index contributed by atoms with van der Waals surface area (Å²) >= 11 is 15.2. The van der Waals surface area contributed by atoms with Gasteiger partial charge in [0.1, 0.15) is 0 Å². The van der Waals surface area contributed by atoms with Crippen molar-refractivity contribution in [3.05, 3.63) is 96.3 Å². The van der Waals surface area contributed by atoms with E-state index in [0.29, 0.717) is 42.3 Å². The summed E-state index contributed by atoms with van der Waals surface area (Å²) < 4.78 is 1.10. The van der Waals surface area contributed by atoms with E-state index in [9.17, 15) is 9.59 Å². The standard InChI is InChI=1S/C26H17Cl2N3O2S2/c1-14-19(12-21(27)34-14)23-24(20-13-22(28)35-15(20)2)26(33)31(25(23)32)18-10-8-17(9-11-18)30-29-16-6-4-3-5-7-16/h3-13H,1-2H3. The molecule has 0 radical (unpaired) electrons. The van der Waals surface area contributed by atoms with Gasteiger partial charge in [-0.15, -0.1) is 22.7 Å². The van der Waals surface area contributed by atoms with Crippen molar-refractivity contribution in [2.45, 2.75) is 13.8 Å². The molecule has 0 saturated heterocycles. The molecule has 0 spiro atoms. The fourth-order valence-corrected chi connectivity index (χ4v) is 6.32. The molecule has 174 valence electrons. The third-order valence-electron chi connectivity index (χ3n) is 5.54. The Bertz CT molecular complexity index is 1450. The average Bonchev–Trinajstić information content (AvgIpc) is 3.44. The lowest BCUT2D eigenvalue weighted by molar-refractivity contribution is -0.119. The third kappa shape index (κ3) is 4.48. The van der Waals surface area contributed by atoms with Crippen molar-refractivity contribution >= 4 is 85.9 Å². The molecular formula is C26H17Cl2N3O2S2. The van der Waals surface area contributed by atoms with Gasteiger partial charge in [0, 0.05) is 20.9 Å². The van der Waals surface area contributed by atoms with Gasteiger partial charge in [0.05, 0.1) is 36.9 Å². The Balaban J connectivity index is 1.54. The highest BCUT2D eigenvalue weighted by Crippen LogP contribution is 2.44. The summed E-state index contributed by atoms with van der Waals surface area (Å²) in [5.74, 6) is -0.800. The van der Waals surface area contributed by atoms with Gasteiger partial charge in [-0.2, -0.15) is 10.2 Å². The van der Waals surface area contributed by atoms with Crippen molar-refractivity contribution in [1.82, 2.24) is 0 Å². The topological polar surface area (TPSA) is 62.1 Å². The van der Waals surface area contributed by atoms with Gasteiger partial charge in [0.15, 0.2) is 0 Å². The molecular weight excluding hydrogens is 521 g/mol. The third-order valence-corrected chi connectivity index (χ3v) is 7.90. The number of benzene rings is 2. The molecule has 35 heavy (non-hydrogen) atoms. The van der Waals surface area contributed by atoms with E-state index in [1.54, 1.807) is 36.4 Å². The van der Waals surface area contributed by atoms with Gasteiger partial charge in [0.25, 0.3) is 11.8 Å². The van der Waals surface area contributed by atoms with Gasteiger partial charge in [-0.05, 0) is 62.4 Å². The number of azo groups is 1. The molecule has 9 heteroatoms. The van der Waals surface area contributed by atoms with Gasteiger partial charge in [-0.25, -0.2) is 4.90 Å². The molecule has 3 heterocycles. The number of carbonyl (C=O) groups excluding carboxylic acids is 2. The van der Waals surface area contributed by atoms with Gasteiger partial charge in [0.2, 0.25) is 0 Å². The van der Waals surface area contributed by atoms with Crippen LogP contribution in [0.25, 0.3) is 11.1 Å². The maximum absolute atomic E-state index is 13.7. The Hall–Kier alpha value is -3.10. The van der Waals surface area contributed by atoms with Crippen molar-refractivity contribution in [3.63, 3.8) is 0 Å². The molecule has 0 atom stereocenters. The average molecular weight is 538 g/mol. The minimum absolute atomic E-state index is 0.334. The zero-order valence-electron chi connectivity index (χ0n) is 18.6. The number of nitrogens with zero attached hydrogens (tertiary/aromatic N) is 3. The zero-order valence-corrected chi connectivity index (χ0v) is 21.7. The summed E-state index contributed by atoms with van der Waals surface area (Å²) in [6.45, 7) is 3.77. The summed E-state index contributed by atoms with van der Waals surface area (Å²) in [4.78, 5) is 30.3. The maximum Gasteiger partial charge on any atom is 0.266 e. The van der Waals surface area contributed by atoms with Crippen LogP contribution in [0.5, 0.6) is 0 Å². The number of imide groups is 1. The second kappa shape index (κ2) is 9.51. The molecule has 0 unspecified atom stereocenters. The Kier molecular flexibility index (Phi) is 6.42. The first-order valence-corrected chi connectivity index (χ1v) is 12.9. The highest BCUT2D eigenvalue weighted by molar-refractivity contribution is 7.17. The lowest BCUT2D eigenvalue weighted by Gasteiger charge is -2.15. The van der Waals surface area contributed by atoms with Crippen molar-refractivity contribution in [2.24, 2.45) is 10.2 Å². The van der Waals surface area contributed by atoms with Crippen LogP contribution < -0.4 is 4.90 Å². The van der Waals surface area contributed by atoms with Crippen LogP contribution in [0.4, 0.5) is 17.1 Å². The molecule has 4 aromatic rings. The van der Waals surface area contributed by atoms with Crippen molar-refractivity contribution in [2.75, 3.05) is 4.90 Å². The van der Waals surface area contributed by atoms with E-state index in [4.69, 9.17) is 23.2 Å². The Morgan fingerprint density at radius 1 is 0.686 bits per heavy atom. The predicted molar refractivity (Wildman–Crippen MR) is 144 cm³/mol. The van der Waals surface area contributed by atoms with Gasteiger partial charge < -0.3 is 0 Å². The number of thiophene rings is 2. The van der Waals surface area contributed by atoms with Crippen LogP contribution in [0.3, 0.4) is 0 Å². The van der Waals surface area contributed by atoms with E-state index in [-0.39, 0.29) is 0 Å². The first-order valence-electron chi connectivity index (χ1n) is 10.6. The molecule has 5 rings (SSSR count). The molecule has 0 fully saturated rings. The summed E-state index contributed by atoms with van der Waals surface area (Å²) in [6.07, 6.45) is 0. The number of anilines is 1. The SMILES string of the molecule is Cc1sc(Cl)cc1C1=C(c2cc(Cl)sc2C)C(=O)N(c2ccc(N=Nc3ccccc3)cc2)C1=O. The number of halogens is 2. The highest BCUT2D eigenvalue weighted by atomic mass is 35.5. The van der Waals surface area contributed by atoms with Crippen LogP contribution in [0.2, 0.25) is 8.67 Å². The van der Waals surface area contributed by atoms with Crippen LogP contribution in [-0.4, -0.2) is 11.8 Å². The second-order valence-corrected chi connectivity index (χ2v) is 11.6. The number of aryl methyl sites for hydroxylation is 2. The Labute approximate surface area is 220 Å². The van der Waals surface area contributed by atoms with Crippen molar-refractivity contribution < 1.29 is 9.59 Å². The predicted octanol–water partition coefficient (Wildman–Crippen LogP) is 8.63. The summed E-state index contributed by atoms with van der Waals surface area (Å²) in [5, 5.41) is 8.44. The van der Waals surface area contributed by atoms with E-state index >= 15 is 0 Å². The fraction of sp³-hybridized carbons (Fsp3) is 0.0769. The first-order chi connectivity index (χ1) is 16.8. The number of hydrogen-bond donors (Lipinski definition) is 0. The zero-order chi connectivity index (χ0) is 24.7. The van der Waals surface area contributed by atoms with E-state index in [1.807, 2.05) is 44.2 Å². The Morgan fingerprint density at radius 2 is 1.14 bits per heavy atom. The van der Waals surface area contributed by atoms with Crippen molar-refractivity contribution in [1.29, 1.82) is 0 Å². The number of amides is 2. The monoisotopic (exact) mass is 537 g/mol. The quantitative estimate of drug-likeness (QED) is 0.189. The van der Waals surface area contributed by atoms with Crippen LogP contribution in [0.1, 0.15) is 20.9 Å². The first kappa shape index (κ1) is 23.6. The van der Waals surface area contributed by atoms with E-state index in [1.165, 1.54) is 27.6 Å². The van der Waals surface area contributed by atoms with Crippen LogP contribution in [-0.2, 0) is 9.59 Å². The molecule has 1 aliphatic heterocycles. The highest BCUT2D eigenvalue weighted by Gasteiger charge is 2.42. The summed E-state index contributed by atoms with van der Waals surface area (Å²) in [6, 6.07) is 19.7. The summed E-state index contributed by atoms with van der Waals surface area (Å²) in [7, 11) is 0. The number of rotatable bonds is 5. The maximum atomic E-state index is 13.7. The molecule has 0 aliphatic carbocycles. The largest absolute Gasteiger partial charge is 0.268 e. The normalized spacial score (nSPS) is 14.1. The molecule has 0 N–H and O–H groups in total. The molecule has 2 aromatic carbocycles. The fourth-order valence-electron chi connectivity index (χ4n) is 3.93. The molecule has 1 aliphatic rings. The van der Waals surface area contributed by atoms with Crippen LogP contribution in [0, 0.1) is 13.8 Å². The van der Waals surface area contributed by atoms with E-state index in [0.717, 1.165) is 15.4 Å². The van der Waals surface area contributed by atoms with Crippen LogP contribution >= 0.6 is 45.9 Å². The van der Waals surface area contributed by atoms with E-state index in [2.05, 4.69) is 10.2 Å². The number of carbonyl (C=O) groups is 2. The molecule has 0 bridgehead atoms. The van der Waals surface area contributed by atoms with Crippen LogP contribution in [0.15, 0.2) is 77.0 Å². The second-order valence-electron chi connectivity index (χ2n) is 7.79. The molecule has 2 amide bonds. The molecule has 5 nitrogen and oxygen atoms in total. The summed E-state index contributed by atoms with van der Waals surface area (Å²) in [5.41, 5.74) is 3.77. The van der Waals surface area contributed by atoms with E-state index < -0.39 is 11.8 Å². The minimum atomic E-state index is -0.400. The molecule has 0 saturated carbocycles.